The minimum absolute atomic E-state index is 0.186. The van der Waals surface area contributed by atoms with Crippen molar-refractivity contribution in [2.75, 3.05) is 48.7 Å². The van der Waals surface area contributed by atoms with Gasteiger partial charge in [-0.3, -0.25) is 9.69 Å². The highest BCUT2D eigenvalue weighted by Gasteiger charge is 2.16. The number of nitrogen functional groups attached to an aromatic ring is 1. The van der Waals surface area contributed by atoms with Crippen LogP contribution >= 0.6 is 0 Å². The van der Waals surface area contributed by atoms with Crippen molar-refractivity contribution < 1.29 is 9.18 Å². The normalized spacial score (nSPS) is 14.6. The lowest BCUT2D eigenvalue weighted by molar-refractivity contribution is 0.102. The van der Waals surface area contributed by atoms with Crippen molar-refractivity contribution in [3.8, 4) is 0 Å². The van der Waals surface area contributed by atoms with Crippen molar-refractivity contribution in [3.63, 3.8) is 0 Å². The van der Waals surface area contributed by atoms with Gasteiger partial charge in [0.05, 0.1) is 11.4 Å². The Morgan fingerprint density at radius 2 is 1.72 bits per heavy atom. The van der Waals surface area contributed by atoms with Crippen LogP contribution in [0.1, 0.15) is 15.9 Å². The number of para-hydroxylation sites is 2. The molecule has 4 rings (SSSR count). The zero-order chi connectivity index (χ0) is 22.3. The second-order valence-electron chi connectivity index (χ2n) is 7.83. The zero-order valence-corrected chi connectivity index (χ0v) is 17.9. The molecule has 0 saturated carbocycles. The minimum atomic E-state index is -0.194. The Morgan fingerprint density at radius 3 is 2.44 bits per heavy atom. The fraction of sp³-hybridized carbons (Fsp3) is 0.192. The van der Waals surface area contributed by atoms with Gasteiger partial charge in [0.1, 0.15) is 5.82 Å². The van der Waals surface area contributed by atoms with Crippen LogP contribution in [0, 0.1) is 5.82 Å². The quantitative estimate of drug-likeness (QED) is 0.566. The first-order valence-corrected chi connectivity index (χ1v) is 10.7. The standard InChI is InChI=1S/C26H27FN4O/c27-22-6-3-7-23(19-22)31-17-15-30(16-18-31)14-4-5-20-10-12-21(13-11-20)26(32)29-25-9-2-1-8-24(25)28/h1-13,19H,14-18,28H2,(H,29,32). The number of hydrogen-bond acceptors (Lipinski definition) is 4. The maximum absolute atomic E-state index is 13.4. The summed E-state index contributed by atoms with van der Waals surface area (Å²) in [5, 5.41) is 2.84. The van der Waals surface area contributed by atoms with Gasteiger partial charge in [0.15, 0.2) is 0 Å². The molecule has 0 bridgehead atoms. The molecule has 3 aromatic carbocycles. The van der Waals surface area contributed by atoms with Gasteiger partial charge in [-0.15, -0.1) is 0 Å². The Balaban J connectivity index is 1.25. The summed E-state index contributed by atoms with van der Waals surface area (Å²) in [5.41, 5.74) is 9.60. The van der Waals surface area contributed by atoms with E-state index >= 15 is 0 Å². The molecule has 5 nitrogen and oxygen atoms in total. The number of carbonyl (C=O) groups excluding carboxylic acids is 1. The predicted molar refractivity (Wildman–Crippen MR) is 129 cm³/mol. The summed E-state index contributed by atoms with van der Waals surface area (Å²) in [6.07, 6.45) is 4.20. The number of nitrogens with one attached hydrogen (secondary N) is 1. The summed E-state index contributed by atoms with van der Waals surface area (Å²) in [6.45, 7) is 4.48. The van der Waals surface area contributed by atoms with E-state index in [9.17, 15) is 9.18 Å². The first-order valence-electron chi connectivity index (χ1n) is 10.7. The highest BCUT2D eigenvalue weighted by molar-refractivity contribution is 6.05. The van der Waals surface area contributed by atoms with Gasteiger partial charge in [-0.05, 0) is 48.0 Å². The van der Waals surface area contributed by atoms with Crippen LogP contribution in [-0.4, -0.2) is 43.5 Å². The van der Waals surface area contributed by atoms with E-state index in [0.717, 1.165) is 44.0 Å². The first kappa shape index (κ1) is 21.6. The molecule has 6 heteroatoms. The first-order chi connectivity index (χ1) is 15.6. The summed E-state index contributed by atoms with van der Waals surface area (Å²) in [7, 11) is 0. The number of nitrogens with two attached hydrogens (primary N) is 1. The fourth-order valence-electron chi connectivity index (χ4n) is 3.75. The van der Waals surface area contributed by atoms with Crippen LogP contribution < -0.4 is 16.0 Å². The number of hydrogen-bond donors (Lipinski definition) is 2. The van der Waals surface area contributed by atoms with Crippen LogP contribution in [-0.2, 0) is 0 Å². The number of anilines is 3. The topological polar surface area (TPSA) is 61.6 Å². The Morgan fingerprint density at radius 1 is 0.969 bits per heavy atom. The molecular weight excluding hydrogens is 403 g/mol. The molecule has 1 saturated heterocycles. The van der Waals surface area contributed by atoms with E-state index in [1.807, 2.05) is 42.5 Å². The van der Waals surface area contributed by atoms with Gasteiger partial charge in [0.25, 0.3) is 5.91 Å². The molecule has 0 atom stereocenters. The Labute approximate surface area is 188 Å². The second kappa shape index (κ2) is 10.1. The zero-order valence-electron chi connectivity index (χ0n) is 17.9. The van der Waals surface area contributed by atoms with Crippen molar-refractivity contribution in [1.82, 2.24) is 4.90 Å². The maximum atomic E-state index is 13.4. The number of amides is 1. The number of piperazine rings is 1. The molecule has 1 aliphatic rings. The van der Waals surface area contributed by atoms with Crippen LogP contribution in [0.15, 0.2) is 78.9 Å². The van der Waals surface area contributed by atoms with Gasteiger partial charge >= 0.3 is 0 Å². The van der Waals surface area contributed by atoms with E-state index in [2.05, 4.69) is 27.3 Å². The van der Waals surface area contributed by atoms with Crippen LogP contribution in [0.2, 0.25) is 0 Å². The lowest BCUT2D eigenvalue weighted by atomic mass is 10.1. The van der Waals surface area contributed by atoms with Gasteiger partial charge in [0.2, 0.25) is 0 Å². The van der Waals surface area contributed by atoms with Crippen molar-refractivity contribution in [1.29, 1.82) is 0 Å². The van der Waals surface area contributed by atoms with E-state index < -0.39 is 0 Å². The number of halogens is 1. The molecule has 3 aromatic rings. The Bertz CT molecular complexity index is 1090. The maximum Gasteiger partial charge on any atom is 0.255 e. The van der Waals surface area contributed by atoms with Gasteiger partial charge < -0.3 is 16.0 Å². The summed E-state index contributed by atoms with van der Waals surface area (Å²) in [6, 6.07) is 21.5. The van der Waals surface area contributed by atoms with Crippen molar-refractivity contribution in [2.45, 2.75) is 0 Å². The van der Waals surface area contributed by atoms with Crippen LogP contribution in [0.5, 0.6) is 0 Å². The molecule has 1 fully saturated rings. The SMILES string of the molecule is Nc1ccccc1NC(=O)c1ccc(C=CCN2CCN(c3cccc(F)c3)CC2)cc1. The summed E-state index contributed by atoms with van der Waals surface area (Å²) in [4.78, 5) is 17.0. The van der Waals surface area contributed by atoms with E-state index in [1.165, 1.54) is 6.07 Å². The summed E-state index contributed by atoms with van der Waals surface area (Å²) < 4.78 is 13.4. The largest absolute Gasteiger partial charge is 0.397 e. The third kappa shape index (κ3) is 5.53. The highest BCUT2D eigenvalue weighted by atomic mass is 19.1. The van der Waals surface area contributed by atoms with Crippen LogP contribution in [0.25, 0.3) is 6.08 Å². The lowest BCUT2D eigenvalue weighted by Crippen LogP contribution is -2.46. The molecule has 32 heavy (non-hydrogen) atoms. The van der Waals surface area contributed by atoms with Crippen molar-refractivity contribution in [2.24, 2.45) is 0 Å². The van der Waals surface area contributed by atoms with E-state index in [1.54, 1.807) is 24.3 Å². The number of rotatable bonds is 6. The fourth-order valence-corrected chi connectivity index (χ4v) is 3.75. The number of benzene rings is 3. The average molecular weight is 431 g/mol. The van der Waals surface area contributed by atoms with E-state index in [-0.39, 0.29) is 11.7 Å². The molecular formula is C26H27FN4O. The molecule has 1 heterocycles. The molecule has 0 aromatic heterocycles. The molecule has 0 aliphatic carbocycles. The average Bonchev–Trinajstić information content (AvgIpc) is 2.81. The molecule has 0 radical (unpaired) electrons. The second-order valence-corrected chi connectivity index (χ2v) is 7.83. The van der Waals surface area contributed by atoms with Gasteiger partial charge in [-0.2, -0.15) is 0 Å². The summed E-state index contributed by atoms with van der Waals surface area (Å²) in [5.74, 6) is -0.379. The van der Waals surface area contributed by atoms with Gasteiger partial charge in [-0.1, -0.05) is 42.5 Å². The molecule has 3 N–H and O–H groups in total. The van der Waals surface area contributed by atoms with Gasteiger partial charge in [-0.25, -0.2) is 4.39 Å². The molecule has 0 unspecified atom stereocenters. The van der Waals surface area contributed by atoms with E-state index in [4.69, 9.17) is 5.73 Å². The Hall–Kier alpha value is -3.64. The summed E-state index contributed by atoms with van der Waals surface area (Å²) >= 11 is 0. The highest BCUT2D eigenvalue weighted by Crippen LogP contribution is 2.19. The smallest absolute Gasteiger partial charge is 0.255 e. The van der Waals surface area contributed by atoms with Crippen LogP contribution in [0.4, 0.5) is 21.5 Å². The third-order valence-electron chi connectivity index (χ3n) is 5.60. The predicted octanol–water partition coefficient (Wildman–Crippen LogP) is 4.50. The molecule has 1 aliphatic heterocycles. The van der Waals surface area contributed by atoms with Crippen molar-refractivity contribution in [3.05, 3.63) is 95.8 Å². The van der Waals surface area contributed by atoms with Crippen LogP contribution in [0.3, 0.4) is 0 Å². The van der Waals surface area contributed by atoms with Crippen molar-refractivity contribution >= 4 is 29.0 Å². The van der Waals surface area contributed by atoms with Gasteiger partial charge in [0, 0.05) is 44.0 Å². The lowest BCUT2D eigenvalue weighted by Gasteiger charge is -2.35. The third-order valence-corrected chi connectivity index (χ3v) is 5.60. The number of carbonyl (C=O) groups is 1. The molecule has 164 valence electrons. The minimum Gasteiger partial charge on any atom is -0.397 e. The number of nitrogens with zero attached hydrogens (tertiary/aromatic N) is 2. The molecule has 0 spiro atoms. The Kier molecular flexibility index (Phi) is 6.82. The molecule has 1 amide bonds. The monoisotopic (exact) mass is 430 g/mol. The van der Waals surface area contributed by atoms with E-state index in [0.29, 0.717) is 16.9 Å².